The van der Waals surface area contributed by atoms with E-state index >= 15 is 0 Å². The third-order valence-corrected chi connectivity index (χ3v) is 7.16. The van der Waals surface area contributed by atoms with Crippen LogP contribution in [-0.4, -0.2) is 41.5 Å². The molecular weight excluding hydrogens is 578 g/mol. The standard InChI is InChI=1S/C34H34BrN3O3/c35-31-13-8-25(9-14-31)12-17-33(40)38(21-18-26-10-15-32(39)16-11-26)24-27-4-1-5-28(22-27)29-6-2-7-30(23-29)34(41)37-20-3-19-36/h1-2,4-17,22-23,39H,3,18-21,24,36H2,(H,37,41)/b17-12+. The van der Waals surface area contributed by atoms with Gasteiger partial charge >= 0.3 is 0 Å². The summed E-state index contributed by atoms with van der Waals surface area (Å²) in [5.74, 6) is 0.00121. The molecule has 0 heterocycles. The van der Waals surface area contributed by atoms with E-state index in [4.69, 9.17) is 5.73 Å². The monoisotopic (exact) mass is 611 g/mol. The van der Waals surface area contributed by atoms with E-state index in [0.717, 1.165) is 38.7 Å². The highest BCUT2D eigenvalue weighted by atomic mass is 79.9. The molecule has 0 aliphatic carbocycles. The molecule has 6 nitrogen and oxygen atoms in total. The van der Waals surface area contributed by atoms with Crippen molar-refractivity contribution in [2.75, 3.05) is 19.6 Å². The third kappa shape index (κ3) is 9.17. The number of aromatic hydroxyl groups is 1. The normalized spacial score (nSPS) is 11.0. The number of benzene rings is 4. The van der Waals surface area contributed by atoms with E-state index in [2.05, 4.69) is 27.3 Å². The lowest BCUT2D eigenvalue weighted by molar-refractivity contribution is -0.126. The molecule has 0 aromatic heterocycles. The summed E-state index contributed by atoms with van der Waals surface area (Å²) in [7, 11) is 0. The summed E-state index contributed by atoms with van der Waals surface area (Å²) in [6.45, 7) is 2.01. The fraction of sp³-hybridized carbons (Fsp3) is 0.176. The van der Waals surface area contributed by atoms with Crippen molar-refractivity contribution >= 4 is 33.8 Å². The summed E-state index contributed by atoms with van der Waals surface area (Å²) >= 11 is 3.44. The Labute approximate surface area is 249 Å². The molecule has 0 radical (unpaired) electrons. The summed E-state index contributed by atoms with van der Waals surface area (Å²) in [5.41, 5.74) is 11.0. The zero-order chi connectivity index (χ0) is 29.0. The number of hydrogen-bond acceptors (Lipinski definition) is 4. The largest absolute Gasteiger partial charge is 0.508 e. The molecule has 0 aliphatic heterocycles. The maximum Gasteiger partial charge on any atom is 0.251 e. The summed E-state index contributed by atoms with van der Waals surface area (Å²) in [4.78, 5) is 27.8. The number of nitrogens with one attached hydrogen (secondary N) is 1. The number of halogens is 1. The second-order valence-electron chi connectivity index (χ2n) is 9.74. The number of rotatable bonds is 12. The third-order valence-electron chi connectivity index (χ3n) is 6.63. The lowest BCUT2D eigenvalue weighted by atomic mass is 10.0. The first-order valence-corrected chi connectivity index (χ1v) is 14.4. The molecule has 4 aromatic carbocycles. The number of phenolic OH excluding ortho intramolecular Hbond substituents is 1. The number of amides is 2. The smallest absolute Gasteiger partial charge is 0.251 e. The number of hydrogen-bond donors (Lipinski definition) is 3. The lowest BCUT2D eigenvalue weighted by Crippen LogP contribution is -2.31. The molecular formula is C34H34BrN3O3. The molecule has 4 N–H and O–H groups in total. The first-order valence-electron chi connectivity index (χ1n) is 13.6. The fourth-order valence-electron chi connectivity index (χ4n) is 4.36. The summed E-state index contributed by atoms with van der Waals surface area (Å²) in [6, 6.07) is 30.4. The van der Waals surface area contributed by atoms with Gasteiger partial charge in [0, 0.05) is 35.7 Å². The Morgan fingerprint density at radius 2 is 1.59 bits per heavy atom. The van der Waals surface area contributed by atoms with Crippen LogP contribution in [0.1, 0.15) is 33.5 Å². The van der Waals surface area contributed by atoms with Gasteiger partial charge < -0.3 is 21.1 Å². The van der Waals surface area contributed by atoms with Crippen LogP contribution in [0.5, 0.6) is 5.75 Å². The van der Waals surface area contributed by atoms with Gasteiger partial charge in [0.2, 0.25) is 5.91 Å². The fourth-order valence-corrected chi connectivity index (χ4v) is 4.62. The van der Waals surface area contributed by atoms with Crippen LogP contribution in [0.3, 0.4) is 0 Å². The van der Waals surface area contributed by atoms with Gasteiger partial charge in [-0.15, -0.1) is 0 Å². The van der Waals surface area contributed by atoms with E-state index in [1.807, 2.05) is 83.8 Å². The Morgan fingerprint density at radius 3 is 2.32 bits per heavy atom. The summed E-state index contributed by atoms with van der Waals surface area (Å²) < 4.78 is 0.981. The van der Waals surface area contributed by atoms with Gasteiger partial charge in [0.25, 0.3) is 5.91 Å². The van der Waals surface area contributed by atoms with Gasteiger partial charge in [-0.25, -0.2) is 0 Å². The Balaban J connectivity index is 1.52. The van der Waals surface area contributed by atoms with E-state index in [1.165, 1.54) is 0 Å². The molecule has 0 saturated carbocycles. The SMILES string of the molecule is NCCCNC(=O)c1cccc(-c2cccc(CN(CCc3ccc(O)cc3)C(=O)/C=C/c3ccc(Br)cc3)c2)c1. The van der Waals surface area contributed by atoms with Gasteiger partial charge in [0.1, 0.15) is 5.75 Å². The Bertz CT molecular complexity index is 1480. The van der Waals surface area contributed by atoms with Gasteiger partial charge in [0.05, 0.1) is 0 Å². The molecule has 4 aromatic rings. The predicted octanol–water partition coefficient (Wildman–Crippen LogP) is 6.19. The number of phenols is 1. The second kappa shape index (κ2) is 15.0. The van der Waals surface area contributed by atoms with E-state index < -0.39 is 0 Å². The molecule has 0 spiro atoms. The highest BCUT2D eigenvalue weighted by Gasteiger charge is 2.13. The molecule has 210 valence electrons. The van der Waals surface area contributed by atoms with Crippen LogP contribution >= 0.6 is 15.9 Å². The van der Waals surface area contributed by atoms with Crippen LogP contribution in [0.15, 0.2) is 108 Å². The van der Waals surface area contributed by atoms with Crippen molar-refractivity contribution in [3.8, 4) is 16.9 Å². The van der Waals surface area contributed by atoms with Crippen LogP contribution in [-0.2, 0) is 17.8 Å². The van der Waals surface area contributed by atoms with Crippen molar-refractivity contribution in [2.24, 2.45) is 5.73 Å². The quantitative estimate of drug-likeness (QED) is 0.132. The lowest BCUT2D eigenvalue weighted by Gasteiger charge is -2.22. The highest BCUT2D eigenvalue weighted by molar-refractivity contribution is 9.10. The molecule has 0 bridgehead atoms. The van der Waals surface area contributed by atoms with E-state index in [9.17, 15) is 14.7 Å². The Hall–Kier alpha value is -4.20. The van der Waals surface area contributed by atoms with Crippen molar-refractivity contribution in [3.63, 3.8) is 0 Å². The minimum absolute atomic E-state index is 0.0896. The number of carbonyl (C=O) groups excluding carboxylic acids is 2. The van der Waals surface area contributed by atoms with Gasteiger partial charge in [-0.05, 0) is 95.7 Å². The van der Waals surface area contributed by atoms with Crippen LogP contribution in [0.4, 0.5) is 0 Å². The zero-order valence-electron chi connectivity index (χ0n) is 22.8. The van der Waals surface area contributed by atoms with Crippen LogP contribution < -0.4 is 11.1 Å². The molecule has 41 heavy (non-hydrogen) atoms. The molecule has 0 atom stereocenters. The van der Waals surface area contributed by atoms with Gasteiger partial charge in [-0.2, -0.15) is 0 Å². The minimum atomic E-state index is -0.125. The first kappa shape index (κ1) is 29.8. The molecule has 0 fully saturated rings. The average molecular weight is 613 g/mol. The number of nitrogens with two attached hydrogens (primary N) is 1. The van der Waals surface area contributed by atoms with Crippen molar-refractivity contribution in [1.82, 2.24) is 10.2 Å². The Kier molecular flexibility index (Phi) is 10.9. The summed E-state index contributed by atoms with van der Waals surface area (Å²) in [5, 5.41) is 12.5. The maximum absolute atomic E-state index is 13.4. The highest BCUT2D eigenvalue weighted by Crippen LogP contribution is 2.23. The van der Waals surface area contributed by atoms with Gasteiger partial charge in [0.15, 0.2) is 0 Å². The second-order valence-corrected chi connectivity index (χ2v) is 10.7. The van der Waals surface area contributed by atoms with Crippen molar-refractivity contribution in [2.45, 2.75) is 19.4 Å². The molecule has 4 rings (SSSR count). The molecule has 7 heteroatoms. The average Bonchev–Trinajstić information content (AvgIpc) is 3.00. The van der Waals surface area contributed by atoms with Crippen molar-refractivity contribution in [1.29, 1.82) is 0 Å². The minimum Gasteiger partial charge on any atom is -0.508 e. The van der Waals surface area contributed by atoms with Crippen molar-refractivity contribution in [3.05, 3.63) is 130 Å². The number of nitrogens with zero attached hydrogens (tertiary/aromatic N) is 1. The van der Waals surface area contributed by atoms with Crippen LogP contribution in [0.25, 0.3) is 17.2 Å². The zero-order valence-corrected chi connectivity index (χ0v) is 24.4. The van der Waals surface area contributed by atoms with Crippen molar-refractivity contribution < 1.29 is 14.7 Å². The van der Waals surface area contributed by atoms with E-state index in [-0.39, 0.29) is 17.6 Å². The first-order chi connectivity index (χ1) is 19.9. The molecule has 0 unspecified atom stereocenters. The molecule has 0 aliphatic rings. The van der Waals surface area contributed by atoms with Crippen LogP contribution in [0, 0.1) is 0 Å². The summed E-state index contributed by atoms with van der Waals surface area (Å²) in [6.07, 6.45) is 4.81. The molecule has 2 amide bonds. The van der Waals surface area contributed by atoms with E-state index in [1.54, 1.807) is 24.3 Å². The maximum atomic E-state index is 13.4. The van der Waals surface area contributed by atoms with E-state index in [0.29, 0.717) is 38.2 Å². The number of carbonyl (C=O) groups is 2. The van der Waals surface area contributed by atoms with Crippen LogP contribution in [0.2, 0.25) is 0 Å². The molecule has 0 saturated heterocycles. The Morgan fingerprint density at radius 1 is 0.878 bits per heavy atom. The van der Waals surface area contributed by atoms with Gasteiger partial charge in [-0.3, -0.25) is 9.59 Å². The van der Waals surface area contributed by atoms with Gasteiger partial charge in [-0.1, -0.05) is 70.5 Å². The predicted molar refractivity (Wildman–Crippen MR) is 168 cm³/mol. The topological polar surface area (TPSA) is 95.7 Å².